The number of halogens is 2. The third-order valence-electron chi connectivity index (χ3n) is 3.36. The number of rotatable bonds is 5. The van der Waals surface area contributed by atoms with E-state index >= 15 is 0 Å². The third-order valence-corrected chi connectivity index (χ3v) is 3.36. The van der Waals surface area contributed by atoms with Crippen LogP contribution in [0.5, 0.6) is 0 Å². The molecule has 0 aliphatic carbocycles. The molecule has 0 bridgehead atoms. The van der Waals surface area contributed by atoms with E-state index in [-0.39, 0.29) is 12.0 Å². The Morgan fingerprint density at radius 2 is 1.88 bits per heavy atom. The maximum absolute atomic E-state index is 13.6. The summed E-state index contributed by atoms with van der Waals surface area (Å²) in [4.78, 5) is 23.4. The summed E-state index contributed by atoms with van der Waals surface area (Å²) >= 11 is 0. The molecule has 2 rings (SSSR count). The second-order valence-corrected chi connectivity index (χ2v) is 4.94. The number of aliphatic carboxylic acids is 1. The lowest BCUT2D eigenvalue weighted by Gasteiger charge is -2.15. The molecule has 7 heteroatoms. The SMILES string of the molecule is N#Cc1ccccc1C[C@@H](NC(=O)c1cccc(F)c1F)C(=O)O. The van der Waals surface area contributed by atoms with E-state index in [0.29, 0.717) is 5.56 Å². The molecule has 0 aliphatic heterocycles. The first-order valence-corrected chi connectivity index (χ1v) is 6.89. The number of hydrogen-bond donors (Lipinski definition) is 2. The van der Waals surface area contributed by atoms with E-state index in [4.69, 9.17) is 5.26 Å². The third kappa shape index (κ3) is 3.73. The van der Waals surface area contributed by atoms with Gasteiger partial charge in [-0.1, -0.05) is 24.3 Å². The minimum atomic E-state index is -1.39. The monoisotopic (exact) mass is 330 g/mol. The van der Waals surface area contributed by atoms with Crippen molar-refractivity contribution in [3.8, 4) is 6.07 Å². The predicted molar refractivity (Wildman–Crippen MR) is 80.1 cm³/mol. The lowest BCUT2D eigenvalue weighted by molar-refractivity contribution is -0.139. The van der Waals surface area contributed by atoms with E-state index in [1.165, 1.54) is 6.07 Å². The molecule has 0 radical (unpaired) electrons. The van der Waals surface area contributed by atoms with Crippen LogP contribution in [0.15, 0.2) is 42.5 Å². The van der Waals surface area contributed by atoms with Gasteiger partial charge in [0.1, 0.15) is 6.04 Å². The normalized spacial score (nSPS) is 11.4. The maximum atomic E-state index is 13.6. The predicted octanol–water partition coefficient (Wildman–Crippen LogP) is 2.26. The molecule has 1 atom stereocenters. The number of carboxylic acids is 1. The van der Waals surface area contributed by atoms with Gasteiger partial charge < -0.3 is 10.4 Å². The van der Waals surface area contributed by atoms with E-state index in [1.54, 1.807) is 18.2 Å². The number of nitriles is 1. The van der Waals surface area contributed by atoms with Gasteiger partial charge in [-0.25, -0.2) is 13.6 Å². The molecule has 2 N–H and O–H groups in total. The highest BCUT2D eigenvalue weighted by Crippen LogP contribution is 2.13. The molecule has 1 amide bonds. The van der Waals surface area contributed by atoms with Gasteiger partial charge in [0.25, 0.3) is 5.91 Å². The number of nitrogens with zero attached hydrogens (tertiary/aromatic N) is 1. The van der Waals surface area contributed by atoms with Crippen LogP contribution >= 0.6 is 0 Å². The number of nitrogens with one attached hydrogen (secondary N) is 1. The molecule has 0 spiro atoms. The Bertz CT molecular complexity index is 831. The largest absolute Gasteiger partial charge is 0.480 e. The van der Waals surface area contributed by atoms with E-state index in [0.717, 1.165) is 18.2 Å². The maximum Gasteiger partial charge on any atom is 0.326 e. The first-order valence-electron chi connectivity index (χ1n) is 6.89. The van der Waals surface area contributed by atoms with Crippen molar-refractivity contribution in [1.82, 2.24) is 5.32 Å². The minimum Gasteiger partial charge on any atom is -0.480 e. The van der Waals surface area contributed by atoms with Crippen molar-refractivity contribution < 1.29 is 23.5 Å². The van der Waals surface area contributed by atoms with Crippen LogP contribution in [0.3, 0.4) is 0 Å². The molecular weight excluding hydrogens is 318 g/mol. The Balaban J connectivity index is 2.23. The average Bonchev–Trinajstić information content (AvgIpc) is 2.57. The van der Waals surface area contributed by atoms with Gasteiger partial charge in [0.15, 0.2) is 11.6 Å². The average molecular weight is 330 g/mol. The highest BCUT2D eigenvalue weighted by atomic mass is 19.2. The molecule has 0 heterocycles. The quantitative estimate of drug-likeness (QED) is 0.880. The van der Waals surface area contributed by atoms with Crippen LogP contribution in [0.4, 0.5) is 8.78 Å². The van der Waals surface area contributed by atoms with Gasteiger partial charge >= 0.3 is 5.97 Å². The van der Waals surface area contributed by atoms with Crippen molar-refractivity contribution in [3.05, 3.63) is 70.8 Å². The number of carbonyl (C=O) groups is 2. The Hall–Kier alpha value is -3.27. The summed E-state index contributed by atoms with van der Waals surface area (Å²) in [6.45, 7) is 0. The summed E-state index contributed by atoms with van der Waals surface area (Å²) in [5.74, 6) is -4.96. The van der Waals surface area contributed by atoms with E-state index < -0.39 is 35.1 Å². The van der Waals surface area contributed by atoms with Gasteiger partial charge in [-0.05, 0) is 23.8 Å². The van der Waals surface area contributed by atoms with E-state index in [2.05, 4.69) is 5.32 Å². The molecule has 0 fully saturated rings. The molecule has 122 valence electrons. The Morgan fingerprint density at radius 1 is 1.17 bits per heavy atom. The smallest absolute Gasteiger partial charge is 0.326 e. The van der Waals surface area contributed by atoms with Crippen LogP contribution in [0.1, 0.15) is 21.5 Å². The first-order chi connectivity index (χ1) is 11.4. The molecule has 5 nitrogen and oxygen atoms in total. The Kier molecular flexibility index (Phi) is 5.22. The summed E-state index contributed by atoms with van der Waals surface area (Å²) in [5.41, 5.74) is 0.108. The molecule has 24 heavy (non-hydrogen) atoms. The highest BCUT2D eigenvalue weighted by Gasteiger charge is 2.24. The summed E-state index contributed by atoms with van der Waals surface area (Å²) in [6.07, 6.45) is -0.165. The first kappa shape index (κ1) is 17.1. The van der Waals surface area contributed by atoms with Crippen LogP contribution in [-0.4, -0.2) is 23.0 Å². The van der Waals surface area contributed by atoms with Crippen molar-refractivity contribution in [2.24, 2.45) is 0 Å². The summed E-state index contributed by atoms with van der Waals surface area (Å²) in [5, 5.41) is 20.4. The van der Waals surface area contributed by atoms with Crippen LogP contribution in [0, 0.1) is 23.0 Å². The van der Waals surface area contributed by atoms with E-state index in [9.17, 15) is 23.5 Å². The van der Waals surface area contributed by atoms with Crippen molar-refractivity contribution in [1.29, 1.82) is 5.26 Å². The number of carbonyl (C=O) groups excluding carboxylic acids is 1. The zero-order chi connectivity index (χ0) is 17.7. The second kappa shape index (κ2) is 7.33. The fourth-order valence-electron chi connectivity index (χ4n) is 2.14. The van der Waals surface area contributed by atoms with Crippen LogP contribution in [0.2, 0.25) is 0 Å². The number of amides is 1. The molecule has 0 aliphatic rings. The molecule has 0 unspecified atom stereocenters. The van der Waals surface area contributed by atoms with Crippen LogP contribution < -0.4 is 5.32 Å². The van der Waals surface area contributed by atoms with Crippen LogP contribution in [0.25, 0.3) is 0 Å². The summed E-state index contributed by atoms with van der Waals surface area (Å²) in [7, 11) is 0. The van der Waals surface area contributed by atoms with Gasteiger partial charge in [0.05, 0.1) is 17.2 Å². The van der Waals surface area contributed by atoms with Gasteiger partial charge in [0, 0.05) is 6.42 Å². The van der Waals surface area contributed by atoms with Crippen LogP contribution in [-0.2, 0) is 11.2 Å². The highest BCUT2D eigenvalue weighted by molar-refractivity contribution is 5.96. The van der Waals surface area contributed by atoms with Gasteiger partial charge in [-0.3, -0.25) is 4.79 Å². The lowest BCUT2D eigenvalue weighted by atomic mass is 10.0. The molecular formula is C17H12F2N2O3. The Morgan fingerprint density at radius 3 is 2.54 bits per heavy atom. The number of carboxylic acid groups (broad SMARTS) is 1. The molecule has 0 aromatic heterocycles. The molecule has 0 saturated carbocycles. The van der Waals surface area contributed by atoms with Crippen molar-refractivity contribution in [2.45, 2.75) is 12.5 Å². The fraction of sp³-hybridized carbons (Fsp3) is 0.118. The Labute approximate surface area is 136 Å². The molecule has 2 aromatic rings. The fourth-order valence-corrected chi connectivity index (χ4v) is 2.14. The van der Waals surface area contributed by atoms with Crippen molar-refractivity contribution >= 4 is 11.9 Å². The van der Waals surface area contributed by atoms with Gasteiger partial charge in [0.2, 0.25) is 0 Å². The minimum absolute atomic E-state index is 0.165. The summed E-state index contributed by atoms with van der Waals surface area (Å²) < 4.78 is 26.8. The lowest BCUT2D eigenvalue weighted by Crippen LogP contribution is -2.42. The van der Waals surface area contributed by atoms with Gasteiger partial charge in [-0.15, -0.1) is 0 Å². The number of benzene rings is 2. The van der Waals surface area contributed by atoms with Crippen molar-refractivity contribution in [2.75, 3.05) is 0 Å². The van der Waals surface area contributed by atoms with Gasteiger partial charge in [-0.2, -0.15) is 5.26 Å². The zero-order valence-electron chi connectivity index (χ0n) is 12.3. The standard InChI is InChI=1S/C17H12F2N2O3/c18-13-7-3-6-12(15(13)19)16(22)21-14(17(23)24)8-10-4-1-2-5-11(10)9-20/h1-7,14H,8H2,(H,21,22)(H,23,24)/t14-/m1/s1. The van der Waals surface area contributed by atoms with E-state index in [1.807, 2.05) is 6.07 Å². The summed E-state index contributed by atoms with van der Waals surface area (Å²) in [6, 6.07) is 9.91. The molecule has 0 saturated heterocycles. The van der Waals surface area contributed by atoms with Crippen molar-refractivity contribution in [3.63, 3.8) is 0 Å². The topological polar surface area (TPSA) is 90.2 Å². The second-order valence-electron chi connectivity index (χ2n) is 4.94. The number of hydrogen-bond acceptors (Lipinski definition) is 3. The molecule has 2 aromatic carbocycles. The zero-order valence-corrected chi connectivity index (χ0v) is 12.3.